The maximum absolute atomic E-state index is 12.9. The second-order valence-electron chi connectivity index (χ2n) is 7.53. The third kappa shape index (κ3) is 4.18. The van der Waals surface area contributed by atoms with Crippen LogP contribution in [0.25, 0.3) is 0 Å². The van der Waals surface area contributed by atoms with E-state index in [4.69, 9.17) is 5.73 Å². The van der Waals surface area contributed by atoms with Gasteiger partial charge in [0.2, 0.25) is 11.8 Å². The molecule has 0 aromatic heterocycles. The molecule has 2 aliphatic heterocycles. The first-order valence-corrected chi connectivity index (χ1v) is 9.17. The summed E-state index contributed by atoms with van der Waals surface area (Å²) in [5, 5.41) is 0. The van der Waals surface area contributed by atoms with Crippen LogP contribution in [-0.4, -0.2) is 42.4 Å². The molecule has 2 amide bonds. The van der Waals surface area contributed by atoms with Crippen LogP contribution in [0.4, 0.5) is 5.69 Å². The lowest BCUT2D eigenvalue weighted by molar-refractivity contribution is -0.139. The molecular formula is C18H25BrClN3O2. The highest BCUT2D eigenvalue weighted by Gasteiger charge is 2.41. The van der Waals surface area contributed by atoms with Crippen LogP contribution in [0, 0.1) is 11.3 Å². The predicted octanol–water partition coefficient (Wildman–Crippen LogP) is 2.81. The number of likely N-dealkylation sites (tertiary alicyclic amines) is 1. The zero-order chi connectivity index (χ0) is 17.5. The first-order valence-electron chi connectivity index (χ1n) is 8.38. The van der Waals surface area contributed by atoms with Crippen LogP contribution < -0.4 is 10.6 Å². The van der Waals surface area contributed by atoms with E-state index in [2.05, 4.69) is 29.8 Å². The average Bonchev–Trinajstić information content (AvgIpc) is 2.91. The molecule has 1 aromatic carbocycles. The maximum Gasteiger partial charge on any atom is 0.228 e. The molecule has 2 atom stereocenters. The number of hydrogen-bond donors (Lipinski definition) is 1. The summed E-state index contributed by atoms with van der Waals surface area (Å²) in [6.07, 6.45) is 1.10. The van der Waals surface area contributed by atoms with Crippen molar-refractivity contribution in [3.8, 4) is 0 Å². The van der Waals surface area contributed by atoms with E-state index in [1.54, 1.807) is 4.90 Å². The van der Waals surface area contributed by atoms with Crippen molar-refractivity contribution in [1.82, 2.24) is 4.90 Å². The molecule has 2 N–H and O–H groups in total. The SMILES string of the molecule is CC1(C)CN(C(=O)C2CC(=O)N(c3cccc(Br)c3)C2)CCC1N.Cl. The molecule has 5 nitrogen and oxygen atoms in total. The zero-order valence-electron chi connectivity index (χ0n) is 14.6. The Morgan fingerprint density at radius 1 is 1.36 bits per heavy atom. The van der Waals surface area contributed by atoms with Gasteiger partial charge in [-0.15, -0.1) is 12.4 Å². The van der Waals surface area contributed by atoms with Gasteiger partial charge in [-0.25, -0.2) is 0 Å². The van der Waals surface area contributed by atoms with Crippen molar-refractivity contribution in [3.63, 3.8) is 0 Å². The van der Waals surface area contributed by atoms with Gasteiger partial charge in [0, 0.05) is 42.3 Å². The fourth-order valence-electron chi connectivity index (χ4n) is 3.59. The van der Waals surface area contributed by atoms with Crippen LogP contribution in [0.3, 0.4) is 0 Å². The van der Waals surface area contributed by atoms with Gasteiger partial charge in [0.25, 0.3) is 0 Å². The van der Waals surface area contributed by atoms with Crippen molar-refractivity contribution in [2.24, 2.45) is 17.1 Å². The Morgan fingerprint density at radius 3 is 2.72 bits per heavy atom. The minimum absolute atomic E-state index is 0. The van der Waals surface area contributed by atoms with Crippen LogP contribution in [0.2, 0.25) is 0 Å². The molecule has 3 rings (SSSR count). The van der Waals surface area contributed by atoms with E-state index in [0.29, 0.717) is 19.6 Å². The van der Waals surface area contributed by atoms with Crippen molar-refractivity contribution in [2.75, 3.05) is 24.5 Å². The highest BCUT2D eigenvalue weighted by Crippen LogP contribution is 2.32. The van der Waals surface area contributed by atoms with Crippen LogP contribution >= 0.6 is 28.3 Å². The summed E-state index contributed by atoms with van der Waals surface area (Å²) < 4.78 is 0.925. The third-order valence-electron chi connectivity index (χ3n) is 5.22. The Labute approximate surface area is 163 Å². The standard InChI is InChI=1S/C18H24BrN3O2.ClH/c1-18(2)11-21(7-6-15(18)20)17(24)12-8-16(23)22(10-12)14-5-3-4-13(19)9-14;/h3-5,9,12,15H,6-8,10-11,20H2,1-2H3;1H. The summed E-state index contributed by atoms with van der Waals surface area (Å²) >= 11 is 3.43. The van der Waals surface area contributed by atoms with Crippen LogP contribution in [0.15, 0.2) is 28.7 Å². The number of amides is 2. The summed E-state index contributed by atoms with van der Waals surface area (Å²) in [4.78, 5) is 28.9. The third-order valence-corrected chi connectivity index (χ3v) is 5.71. The van der Waals surface area contributed by atoms with Gasteiger partial charge < -0.3 is 15.5 Å². The molecule has 2 fully saturated rings. The number of carbonyl (C=O) groups is 2. The summed E-state index contributed by atoms with van der Waals surface area (Å²) in [6, 6.07) is 7.75. The molecule has 0 aliphatic carbocycles. The fourth-order valence-corrected chi connectivity index (χ4v) is 3.97. The summed E-state index contributed by atoms with van der Waals surface area (Å²) in [5.74, 6) is -0.165. The van der Waals surface area contributed by atoms with Crippen molar-refractivity contribution in [3.05, 3.63) is 28.7 Å². The van der Waals surface area contributed by atoms with E-state index in [1.807, 2.05) is 29.2 Å². The molecule has 2 aliphatic rings. The Morgan fingerprint density at radius 2 is 2.08 bits per heavy atom. The molecule has 2 unspecified atom stereocenters. The Balaban J connectivity index is 0.00000225. The lowest BCUT2D eigenvalue weighted by Crippen LogP contribution is -2.55. The van der Waals surface area contributed by atoms with Gasteiger partial charge in [0.15, 0.2) is 0 Å². The van der Waals surface area contributed by atoms with Crippen molar-refractivity contribution < 1.29 is 9.59 Å². The Kier molecular flexibility index (Phi) is 6.17. The molecule has 138 valence electrons. The molecule has 2 saturated heterocycles. The number of halogens is 2. The van der Waals surface area contributed by atoms with E-state index in [0.717, 1.165) is 16.6 Å². The van der Waals surface area contributed by atoms with Gasteiger partial charge in [0.05, 0.1) is 5.92 Å². The van der Waals surface area contributed by atoms with Gasteiger partial charge in [-0.3, -0.25) is 9.59 Å². The van der Waals surface area contributed by atoms with Crippen molar-refractivity contribution >= 4 is 45.8 Å². The normalized spacial score (nSPS) is 25.7. The molecule has 0 saturated carbocycles. The van der Waals surface area contributed by atoms with Crippen LogP contribution in [0.5, 0.6) is 0 Å². The molecule has 0 bridgehead atoms. The highest BCUT2D eigenvalue weighted by molar-refractivity contribution is 9.10. The van der Waals surface area contributed by atoms with Crippen molar-refractivity contribution in [2.45, 2.75) is 32.7 Å². The smallest absolute Gasteiger partial charge is 0.228 e. The number of nitrogens with zero attached hydrogens (tertiary/aromatic N) is 2. The van der Waals surface area contributed by atoms with E-state index < -0.39 is 0 Å². The first-order chi connectivity index (χ1) is 11.3. The molecule has 7 heteroatoms. The number of rotatable bonds is 2. The van der Waals surface area contributed by atoms with E-state index in [-0.39, 0.29) is 48.0 Å². The summed E-state index contributed by atoms with van der Waals surface area (Å²) in [6.45, 7) is 6.01. The molecule has 25 heavy (non-hydrogen) atoms. The number of benzene rings is 1. The molecular weight excluding hydrogens is 406 g/mol. The number of carbonyl (C=O) groups excluding carboxylic acids is 2. The maximum atomic E-state index is 12.9. The Bertz CT molecular complexity index is 667. The molecule has 1 aromatic rings. The number of nitrogens with two attached hydrogens (primary N) is 1. The fraction of sp³-hybridized carbons (Fsp3) is 0.556. The van der Waals surface area contributed by atoms with Crippen LogP contribution in [-0.2, 0) is 9.59 Å². The largest absolute Gasteiger partial charge is 0.342 e. The highest BCUT2D eigenvalue weighted by atomic mass is 79.9. The average molecular weight is 431 g/mol. The molecule has 0 spiro atoms. The minimum atomic E-state index is -0.262. The predicted molar refractivity (Wildman–Crippen MR) is 105 cm³/mol. The van der Waals surface area contributed by atoms with Gasteiger partial charge in [0.1, 0.15) is 0 Å². The van der Waals surface area contributed by atoms with Gasteiger partial charge in [-0.1, -0.05) is 35.8 Å². The Hall–Kier alpha value is -1.11. The van der Waals surface area contributed by atoms with E-state index >= 15 is 0 Å². The second kappa shape index (κ2) is 7.64. The van der Waals surface area contributed by atoms with Gasteiger partial charge in [-0.2, -0.15) is 0 Å². The number of piperidine rings is 1. The summed E-state index contributed by atoms with van der Waals surface area (Å²) in [7, 11) is 0. The summed E-state index contributed by atoms with van der Waals surface area (Å²) in [5.41, 5.74) is 6.91. The zero-order valence-corrected chi connectivity index (χ0v) is 17.0. The first kappa shape index (κ1) is 20.2. The van der Waals surface area contributed by atoms with Crippen LogP contribution in [0.1, 0.15) is 26.7 Å². The second-order valence-corrected chi connectivity index (χ2v) is 8.44. The lowest BCUT2D eigenvalue weighted by Gasteiger charge is -2.43. The topological polar surface area (TPSA) is 66.6 Å². The van der Waals surface area contributed by atoms with Gasteiger partial charge in [-0.05, 0) is 30.0 Å². The monoisotopic (exact) mass is 429 g/mol. The van der Waals surface area contributed by atoms with E-state index in [9.17, 15) is 9.59 Å². The quantitative estimate of drug-likeness (QED) is 0.784. The van der Waals surface area contributed by atoms with E-state index in [1.165, 1.54) is 0 Å². The number of hydrogen-bond acceptors (Lipinski definition) is 3. The number of anilines is 1. The van der Waals surface area contributed by atoms with Crippen molar-refractivity contribution in [1.29, 1.82) is 0 Å². The van der Waals surface area contributed by atoms with Gasteiger partial charge >= 0.3 is 0 Å². The molecule has 0 radical (unpaired) electrons. The molecule has 2 heterocycles. The minimum Gasteiger partial charge on any atom is -0.342 e. The lowest BCUT2D eigenvalue weighted by atomic mass is 9.79.